The summed E-state index contributed by atoms with van der Waals surface area (Å²) in [7, 11) is 0. The molecule has 1 aromatic rings. The molecule has 0 aliphatic heterocycles. The smallest absolute Gasteiger partial charge is 0.258 e. The summed E-state index contributed by atoms with van der Waals surface area (Å²) in [6.07, 6.45) is 5.13. The van der Waals surface area contributed by atoms with Crippen LogP contribution in [0.15, 0.2) is 22.7 Å². The molecule has 0 heterocycles. The minimum absolute atomic E-state index is 0.0286. The fourth-order valence-electron chi connectivity index (χ4n) is 0.735. The summed E-state index contributed by atoms with van der Waals surface area (Å²) in [6.45, 7) is 0. The molecule has 0 saturated heterocycles. The van der Waals surface area contributed by atoms with Crippen molar-refractivity contribution in [2.45, 2.75) is 0 Å². The Morgan fingerprint density at radius 2 is 2.25 bits per heavy atom. The monoisotopic (exact) mass is 225 g/mol. The van der Waals surface area contributed by atoms with Gasteiger partial charge in [-0.2, -0.15) is 0 Å². The van der Waals surface area contributed by atoms with Crippen LogP contribution in [-0.2, 0) is 0 Å². The van der Waals surface area contributed by atoms with Gasteiger partial charge in [-0.05, 0) is 22.0 Å². The molecule has 0 bridgehead atoms. The van der Waals surface area contributed by atoms with Crippen molar-refractivity contribution in [1.29, 1.82) is 0 Å². The van der Waals surface area contributed by atoms with E-state index in [1.54, 1.807) is 0 Å². The van der Waals surface area contributed by atoms with Crippen LogP contribution >= 0.6 is 15.9 Å². The van der Waals surface area contributed by atoms with Crippen molar-refractivity contribution in [3.8, 4) is 12.3 Å². The van der Waals surface area contributed by atoms with Gasteiger partial charge < -0.3 is 0 Å². The van der Waals surface area contributed by atoms with Crippen LogP contribution < -0.4 is 0 Å². The zero-order chi connectivity index (χ0) is 9.14. The van der Waals surface area contributed by atoms with Crippen molar-refractivity contribution >= 4 is 21.6 Å². The molecule has 12 heavy (non-hydrogen) atoms. The van der Waals surface area contributed by atoms with Crippen LogP contribution in [0.4, 0.5) is 5.69 Å². The molecule has 60 valence electrons. The van der Waals surface area contributed by atoms with Crippen LogP contribution in [0.3, 0.4) is 0 Å². The highest BCUT2D eigenvalue weighted by Gasteiger charge is 2.06. The third-order valence-electron chi connectivity index (χ3n) is 1.32. The first-order chi connectivity index (χ1) is 5.65. The minimum atomic E-state index is -0.467. The van der Waals surface area contributed by atoms with Crippen molar-refractivity contribution in [1.82, 2.24) is 0 Å². The van der Waals surface area contributed by atoms with E-state index >= 15 is 0 Å². The maximum atomic E-state index is 10.3. The minimum Gasteiger partial charge on any atom is -0.258 e. The average molecular weight is 226 g/mol. The second-order valence-corrected chi connectivity index (χ2v) is 2.92. The molecule has 0 unspecified atom stereocenters. The fraction of sp³-hybridized carbons (Fsp3) is 0. The summed E-state index contributed by atoms with van der Waals surface area (Å²) >= 11 is 3.13. The Labute approximate surface area is 77.7 Å². The molecule has 0 fully saturated rings. The van der Waals surface area contributed by atoms with E-state index in [1.807, 2.05) is 0 Å². The van der Waals surface area contributed by atoms with E-state index in [0.717, 1.165) is 0 Å². The first kappa shape index (κ1) is 8.75. The number of halogens is 1. The quantitative estimate of drug-likeness (QED) is 0.419. The lowest BCUT2D eigenvalue weighted by molar-refractivity contribution is -0.384. The third kappa shape index (κ3) is 1.63. The van der Waals surface area contributed by atoms with Gasteiger partial charge in [0.25, 0.3) is 5.69 Å². The van der Waals surface area contributed by atoms with Gasteiger partial charge in [0.15, 0.2) is 0 Å². The molecule has 0 amide bonds. The van der Waals surface area contributed by atoms with Crippen molar-refractivity contribution in [3.05, 3.63) is 38.3 Å². The van der Waals surface area contributed by atoms with Crippen molar-refractivity contribution in [3.63, 3.8) is 0 Å². The van der Waals surface area contributed by atoms with E-state index in [1.165, 1.54) is 18.2 Å². The lowest BCUT2D eigenvalue weighted by atomic mass is 10.2. The van der Waals surface area contributed by atoms with Crippen LogP contribution in [0.1, 0.15) is 5.56 Å². The molecular formula is C8H4BrNO2. The van der Waals surface area contributed by atoms with Crippen LogP contribution in [0, 0.1) is 22.5 Å². The molecule has 3 nitrogen and oxygen atoms in total. The van der Waals surface area contributed by atoms with Gasteiger partial charge in [0, 0.05) is 22.2 Å². The van der Waals surface area contributed by atoms with Gasteiger partial charge in [-0.25, -0.2) is 0 Å². The van der Waals surface area contributed by atoms with Crippen molar-refractivity contribution in [2.75, 3.05) is 0 Å². The first-order valence-electron chi connectivity index (χ1n) is 3.05. The maximum absolute atomic E-state index is 10.3. The van der Waals surface area contributed by atoms with E-state index < -0.39 is 4.92 Å². The normalized spacial score (nSPS) is 9.00. The molecule has 1 rings (SSSR count). The van der Waals surface area contributed by atoms with Gasteiger partial charge in [-0.15, -0.1) is 6.42 Å². The Bertz CT molecular complexity index is 368. The van der Waals surface area contributed by atoms with E-state index in [2.05, 4.69) is 21.9 Å². The highest BCUT2D eigenvalue weighted by atomic mass is 79.9. The summed E-state index contributed by atoms with van der Waals surface area (Å²) in [5, 5.41) is 10.3. The van der Waals surface area contributed by atoms with Crippen molar-refractivity contribution < 1.29 is 4.92 Å². The molecule has 0 spiro atoms. The Kier molecular flexibility index (Phi) is 2.46. The van der Waals surface area contributed by atoms with E-state index in [-0.39, 0.29) is 5.69 Å². The molecule has 4 heteroatoms. The molecular weight excluding hydrogens is 222 g/mol. The summed E-state index contributed by atoms with van der Waals surface area (Å²) in [5.74, 6) is 2.39. The topological polar surface area (TPSA) is 43.1 Å². The Hall–Kier alpha value is -1.34. The number of hydrogen-bond acceptors (Lipinski definition) is 2. The zero-order valence-corrected chi connectivity index (χ0v) is 7.54. The standard InChI is InChI=1S/C8H4BrNO2/c1-2-6-3-4-7(10(11)12)5-8(6)9/h1,3-5H. The van der Waals surface area contributed by atoms with Gasteiger partial charge >= 0.3 is 0 Å². The third-order valence-corrected chi connectivity index (χ3v) is 1.98. The van der Waals surface area contributed by atoms with E-state index in [4.69, 9.17) is 6.42 Å². The molecule has 0 aliphatic rings. The number of benzene rings is 1. The predicted molar refractivity (Wildman–Crippen MR) is 48.7 cm³/mol. The van der Waals surface area contributed by atoms with Gasteiger partial charge in [0.1, 0.15) is 0 Å². The zero-order valence-electron chi connectivity index (χ0n) is 5.95. The largest absolute Gasteiger partial charge is 0.270 e. The van der Waals surface area contributed by atoms with Gasteiger partial charge in [-0.3, -0.25) is 10.1 Å². The summed E-state index contributed by atoms with van der Waals surface area (Å²) in [5.41, 5.74) is 0.640. The molecule has 0 saturated carbocycles. The lowest BCUT2D eigenvalue weighted by Crippen LogP contribution is -1.88. The SMILES string of the molecule is C#Cc1ccc([N+](=O)[O-])cc1Br. The summed E-state index contributed by atoms with van der Waals surface area (Å²) in [4.78, 5) is 9.82. The Morgan fingerprint density at radius 1 is 1.58 bits per heavy atom. The predicted octanol–water partition coefficient (Wildman–Crippen LogP) is 2.34. The van der Waals surface area contributed by atoms with Gasteiger partial charge in [0.05, 0.1) is 4.92 Å². The number of nitro benzene ring substituents is 1. The van der Waals surface area contributed by atoms with Gasteiger partial charge in [-0.1, -0.05) is 5.92 Å². The highest BCUT2D eigenvalue weighted by Crippen LogP contribution is 2.21. The number of rotatable bonds is 1. The summed E-state index contributed by atoms with van der Waals surface area (Å²) in [6, 6.07) is 4.29. The second-order valence-electron chi connectivity index (χ2n) is 2.07. The number of nitro groups is 1. The summed E-state index contributed by atoms with van der Waals surface area (Å²) < 4.78 is 0.569. The molecule has 0 N–H and O–H groups in total. The fourth-order valence-corrected chi connectivity index (χ4v) is 1.22. The molecule has 0 radical (unpaired) electrons. The van der Waals surface area contributed by atoms with Crippen molar-refractivity contribution in [2.24, 2.45) is 0 Å². The average Bonchev–Trinajstić information content (AvgIpc) is 2.04. The van der Waals surface area contributed by atoms with E-state index in [9.17, 15) is 10.1 Å². The number of terminal acetylenes is 1. The number of hydrogen-bond donors (Lipinski definition) is 0. The lowest BCUT2D eigenvalue weighted by Gasteiger charge is -1.95. The highest BCUT2D eigenvalue weighted by molar-refractivity contribution is 9.10. The molecule has 1 aromatic carbocycles. The Morgan fingerprint density at radius 3 is 2.67 bits per heavy atom. The van der Waals surface area contributed by atoms with Crippen LogP contribution in [-0.4, -0.2) is 4.92 Å². The molecule has 0 aliphatic carbocycles. The number of non-ortho nitro benzene ring substituents is 1. The molecule has 0 aromatic heterocycles. The van der Waals surface area contributed by atoms with Gasteiger partial charge in [0.2, 0.25) is 0 Å². The first-order valence-corrected chi connectivity index (χ1v) is 3.85. The van der Waals surface area contributed by atoms with Crippen LogP contribution in [0.25, 0.3) is 0 Å². The second kappa shape index (κ2) is 3.37. The molecule has 0 atom stereocenters. The van der Waals surface area contributed by atoms with Crippen LogP contribution in [0.2, 0.25) is 0 Å². The Balaban J connectivity index is 3.21. The maximum Gasteiger partial charge on any atom is 0.270 e. The van der Waals surface area contributed by atoms with Crippen LogP contribution in [0.5, 0.6) is 0 Å². The van der Waals surface area contributed by atoms with E-state index in [0.29, 0.717) is 10.0 Å². The number of nitrogens with zero attached hydrogens (tertiary/aromatic N) is 1.